The number of carbonyl (C=O) groups excluding carboxylic acids is 1. The second-order valence-electron chi connectivity index (χ2n) is 5.89. The highest BCUT2D eigenvalue weighted by Crippen LogP contribution is 2.39. The van der Waals surface area contributed by atoms with E-state index in [1.807, 2.05) is 19.1 Å². The number of nitrogens with zero attached hydrogens (tertiary/aromatic N) is 1. The van der Waals surface area contributed by atoms with E-state index in [9.17, 15) is 9.90 Å². The highest BCUT2D eigenvalue weighted by molar-refractivity contribution is 6.32. The van der Waals surface area contributed by atoms with Crippen LogP contribution in [0.25, 0.3) is 16.9 Å². The summed E-state index contributed by atoms with van der Waals surface area (Å²) in [6.45, 7) is 2.35. The Morgan fingerprint density at radius 3 is 2.56 bits per heavy atom. The van der Waals surface area contributed by atoms with E-state index in [-0.39, 0.29) is 11.7 Å². The first-order valence-electron chi connectivity index (χ1n) is 8.39. The molecule has 1 heterocycles. The normalized spacial score (nSPS) is 10.6. The molecule has 0 atom stereocenters. The van der Waals surface area contributed by atoms with Crippen molar-refractivity contribution in [1.82, 2.24) is 9.88 Å². The fourth-order valence-corrected chi connectivity index (χ4v) is 3.12. The average molecular weight is 386 g/mol. The van der Waals surface area contributed by atoms with Crippen LogP contribution in [0, 0.1) is 0 Å². The summed E-state index contributed by atoms with van der Waals surface area (Å²) >= 11 is 6.25. The first kappa shape index (κ1) is 18.7. The summed E-state index contributed by atoms with van der Waals surface area (Å²) in [7, 11) is 1.48. The maximum absolute atomic E-state index is 12.5. The van der Waals surface area contributed by atoms with Crippen molar-refractivity contribution in [1.29, 1.82) is 0 Å². The Bertz CT molecular complexity index is 981. The van der Waals surface area contributed by atoms with Gasteiger partial charge < -0.3 is 25.5 Å². The molecule has 0 aliphatic heterocycles. The van der Waals surface area contributed by atoms with Gasteiger partial charge in [0, 0.05) is 29.5 Å². The summed E-state index contributed by atoms with van der Waals surface area (Å²) in [6.07, 6.45) is 0. The van der Waals surface area contributed by atoms with Crippen molar-refractivity contribution in [2.24, 2.45) is 0 Å². The van der Waals surface area contributed by atoms with Crippen LogP contribution in [0.15, 0.2) is 48.5 Å². The zero-order valence-corrected chi connectivity index (χ0v) is 15.7. The summed E-state index contributed by atoms with van der Waals surface area (Å²) in [5, 5.41) is 13.7. The van der Waals surface area contributed by atoms with E-state index in [0.29, 0.717) is 40.0 Å². The van der Waals surface area contributed by atoms with Crippen molar-refractivity contribution < 1.29 is 14.6 Å². The second-order valence-corrected chi connectivity index (χ2v) is 6.30. The number of aromatic nitrogens is 1. The van der Waals surface area contributed by atoms with Gasteiger partial charge in [-0.2, -0.15) is 0 Å². The molecule has 0 radical (unpaired) electrons. The third-order valence-electron chi connectivity index (χ3n) is 4.15. The largest absolute Gasteiger partial charge is 0.507 e. The average Bonchev–Trinajstić information content (AvgIpc) is 3.09. The minimum Gasteiger partial charge on any atom is -0.507 e. The fourth-order valence-electron chi connectivity index (χ4n) is 2.88. The van der Waals surface area contributed by atoms with E-state index in [2.05, 4.69) is 5.32 Å². The Labute approximate surface area is 162 Å². The molecule has 0 unspecified atom stereocenters. The standard InChI is InChI=1S/C20H20ClN3O3/c1-3-23-20(26)17-9-8-16(24(17)13-6-4-12(22)5-7-13)14-10-15(21)19(27-2)11-18(14)25/h4-11,25H,3,22H2,1-2H3,(H,23,26). The fraction of sp³-hybridized carbons (Fsp3) is 0.150. The van der Waals surface area contributed by atoms with Gasteiger partial charge in [-0.3, -0.25) is 4.79 Å². The lowest BCUT2D eigenvalue weighted by molar-refractivity contribution is 0.0949. The molecule has 140 valence electrons. The van der Waals surface area contributed by atoms with Crippen LogP contribution < -0.4 is 15.8 Å². The minimum absolute atomic E-state index is 0.00602. The number of halogens is 1. The summed E-state index contributed by atoms with van der Waals surface area (Å²) in [6, 6.07) is 13.6. The lowest BCUT2D eigenvalue weighted by atomic mass is 10.1. The Kier molecular flexibility index (Phi) is 5.28. The first-order chi connectivity index (χ1) is 13.0. The van der Waals surface area contributed by atoms with Gasteiger partial charge in [-0.05, 0) is 49.4 Å². The van der Waals surface area contributed by atoms with Crippen LogP contribution in [0.3, 0.4) is 0 Å². The molecule has 6 nitrogen and oxygen atoms in total. The molecule has 7 heteroatoms. The summed E-state index contributed by atoms with van der Waals surface area (Å²) < 4.78 is 6.90. The highest BCUT2D eigenvalue weighted by atomic mass is 35.5. The summed E-state index contributed by atoms with van der Waals surface area (Å²) in [5.41, 5.74) is 8.66. The molecule has 2 aromatic carbocycles. The van der Waals surface area contributed by atoms with Gasteiger partial charge in [-0.15, -0.1) is 0 Å². The van der Waals surface area contributed by atoms with Crippen molar-refractivity contribution >= 4 is 23.2 Å². The van der Waals surface area contributed by atoms with E-state index >= 15 is 0 Å². The predicted molar refractivity (Wildman–Crippen MR) is 107 cm³/mol. The number of amides is 1. The monoisotopic (exact) mass is 385 g/mol. The number of hydrogen-bond acceptors (Lipinski definition) is 4. The van der Waals surface area contributed by atoms with Gasteiger partial charge >= 0.3 is 0 Å². The Balaban J connectivity index is 2.23. The zero-order chi connectivity index (χ0) is 19.6. The van der Waals surface area contributed by atoms with Crippen molar-refractivity contribution in [2.45, 2.75) is 6.92 Å². The number of nitrogens with one attached hydrogen (secondary N) is 1. The lowest BCUT2D eigenvalue weighted by Gasteiger charge is -2.15. The van der Waals surface area contributed by atoms with Gasteiger partial charge in [0.15, 0.2) is 0 Å². The molecule has 0 aliphatic rings. The van der Waals surface area contributed by atoms with Crippen LogP contribution in [0.5, 0.6) is 11.5 Å². The molecule has 4 N–H and O–H groups in total. The molecule has 0 fully saturated rings. The molecule has 0 saturated carbocycles. The highest BCUT2D eigenvalue weighted by Gasteiger charge is 2.20. The van der Waals surface area contributed by atoms with Crippen molar-refractivity contribution in [2.75, 3.05) is 19.4 Å². The lowest BCUT2D eigenvalue weighted by Crippen LogP contribution is -2.25. The van der Waals surface area contributed by atoms with Gasteiger partial charge in [0.2, 0.25) is 0 Å². The number of phenols is 1. The van der Waals surface area contributed by atoms with Crippen molar-refractivity contribution in [3.63, 3.8) is 0 Å². The number of benzene rings is 2. The molecule has 0 saturated heterocycles. The van der Waals surface area contributed by atoms with E-state index in [1.54, 1.807) is 34.9 Å². The van der Waals surface area contributed by atoms with E-state index in [4.69, 9.17) is 22.1 Å². The zero-order valence-electron chi connectivity index (χ0n) is 15.0. The van der Waals surface area contributed by atoms with E-state index in [1.165, 1.54) is 13.2 Å². The molecule has 3 aromatic rings. The number of ether oxygens (including phenoxy) is 1. The van der Waals surface area contributed by atoms with Gasteiger partial charge in [0.05, 0.1) is 17.8 Å². The molecule has 0 bridgehead atoms. The number of carbonyl (C=O) groups is 1. The molecule has 3 rings (SSSR count). The Morgan fingerprint density at radius 1 is 1.22 bits per heavy atom. The number of nitrogen functional groups attached to an aromatic ring is 1. The molecule has 1 aromatic heterocycles. The minimum atomic E-state index is -0.223. The Hall–Kier alpha value is -3.12. The molecule has 0 spiro atoms. The number of nitrogens with two attached hydrogens (primary N) is 1. The smallest absolute Gasteiger partial charge is 0.268 e. The van der Waals surface area contributed by atoms with Crippen molar-refractivity contribution in [3.8, 4) is 28.4 Å². The topological polar surface area (TPSA) is 89.5 Å². The molecular weight excluding hydrogens is 366 g/mol. The number of phenolic OH excluding ortho intramolecular Hbond substituents is 1. The Morgan fingerprint density at radius 2 is 1.93 bits per heavy atom. The van der Waals surface area contributed by atoms with Gasteiger partial charge in [-0.25, -0.2) is 0 Å². The quantitative estimate of drug-likeness (QED) is 0.582. The van der Waals surface area contributed by atoms with Crippen LogP contribution >= 0.6 is 11.6 Å². The van der Waals surface area contributed by atoms with Gasteiger partial charge in [-0.1, -0.05) is 11.6 Å². The predicted octanol–water partition coefficient (Wildman–Crippen LogP) is 3.84. The summed E-state index contributed by atoms with van der Waals surface area (Å²) in [5.74, 6) is 0.139. The maximum Gasteiger partial charge on any atom is 0.268 e. The third kappa shape index (κ3) is 3.57. The number of hydrogen-bond donors (Lipinski definition) is 3. The van der Waals surface area contributed by atoms with Crippen LogP contribution in [-0.4, -0.2) is 29.2 Å². The van der Waals surface area contributed by atoms with Gasteiger partial charge in [0.1, 0.15) is 17.2 Å². The van der Waals surface area contributed by atoms with Gasteiger partial charge in [0.25, 0.3) is 5.91 Å². The van der Waals surface area contributed by atoms with Crippen molar-refractivity contribution in [3.05, 3.63) is 59.2 Å². The molecule has 27 heavy (non-hydrogen) atoms. The molecule has 1 amide bonds. The first-order valence-corrected chi connectivity index (χ1v) is 8.76. The van der Waals surface area contributed by atoms with Crippen LogP contribution in [0.1, 0.15) is 17.4 Å². The summed E-state index contributed by atoms with van der Waals surface area (Å²) in [4.78, 5) is 12.5. The van der Waals surface area contributed by atoms with Crippen LogP contribution in [-0.2, 0) is 0 Å². The molecule has 0 aliphatic carbocycles. The number of anilines is 1. The number of rotatable bonds is 5. The number of methoxy groups -OCH3 is 1. The number of aromatic hydroxyl groups is 1. The molecular formula is C20H20ClN3O3. The van der Waals surface area contributed by atoms with Crippen LogP contribution in [0.2, 0.25) is 5.02 Å². The SMILES string of the molecule is CCNC(=O)c1ccc(-c2cc(Cl)c(OC)cc2O)n1-c1ccc(N)cc1. The van der Waals surface area contributed by atoms with E-state index in [0.717, 1.165) is 5.69 Å². The maximum atomic E-state index is 12.5. The van der Waals surface area contributed by atoms with E-state index < -0.39 is 0 Å². The van der Waals surface area contributed by atoms with Crippen LogP contribution in [0.4, 0.5) is 5.69 Å². The second kappa shape index (κ2) is 7.63. The third-order valence-corrected chi connectivity index (χ3v) is 4.44.